The van der Waals surface area contributed by atoms with Gasteiger partial charge in [0.15, 0.2) is 12.4 Å². The summed E-state index contributed by atoms with van der Waals surface area (Å²) >= 11 is 0. The van der Waals surface area contributed by atoms with Crippen LogP contribution in [0.25, 0.3) is 0 Å². The average molecular weight is 313 g/mol. The molecule has 0 saturated heterocycles. The Balaban J connectivity index is 1.71. The molecule has 5 heteroatoms. The topological polar surface area (TPSA) is 59.3 Å². The number of aromatic nitrogens is 1. The number of ether oxygens (including phenoxy) is 1. The standard InChI is InChI=1S/C18H20N2O3/c1-23-18(22)15-8-10-16(11-9-15)19-17(21)7-3-6-14-20-12-4-2-5-13-20/h2,4-5,8-13H,3,6-7,14H2,1H3/p+1. The number of carbonyl (C=O) groups excluding carboxylic acids is 2. The molecule has 1 aromatic heterocycles. The zero-order valence-corrected chi connectivity index (χ0v) is 13.2. The quantitative estimate of drug-likeness (QED) is 0.485. The predicted molar refractivity (Wildman–Crippen MR) is 86.9 cm³/mol. The van der Waals surface area contributed by atoms with Crippen LogP contribution in [0.3, 0.4) is 0 Å². The molecule has 0 unspecified atom stereocenters. The van der Waals surface area contributed by atoms with Crippen molar-refractivity contribution in [2.75, 3.05) is 12.4 Å². The molecular formula is C18H21N2O3+. The van der Waals surface area contributed by atoms with Crippen molar-refractivity contribution in [3.05, 3.63) is 60.4 Å². The number of benzene rings is 1. The number of pyridine rings is 1. The Kier molecular flexibility index (Phi) is 6.29. The molecule has 1 N–H and O–H groups in total. The van der Waals surface area contributed by atoms with Gasteiger partial charge in [-0.05, 0) is 30.7 Å². The fourth-order valence-electron chi connectivity index (χ4n) is 2.19. The molecule has 1 heterocycles. The highest BCUT2D eigenvalue weighted by Gasteiger charge is 2.07. The van der Waals surface area contributed by atoms with Crippen molar-refractivity contribution in [2.45, 2.75) is 25.8 Å². The number of unbranched alkanes of at least 4 members (excludes halogenated alkanes) is 1. The molecule has 2 rings (SSSR count). The molecule has 0 aliphatic heterocycles. The molecule has 0 bridgehead atoms. The smallest absolute Gasteiger partial charge is 0.337 e. The summed E-state index contributed by atoms with van der Waals surface area (Å²) in [5, 5.41) is 2.83. The first-order chi connectivity index (χ1) is 11.2. The van der Waals surface area contributed by atoms with Crippen molar-refractivity contribution < 1.29 is 18.9 Å². The second-order valence-corrected chi connectivity index (χ2v) is 5.19. The Morgan fingerprint density at radius 1 is 1.04 bits per heavy atom. The lowest BCUT2D eigenvalue weighted by Crippen LogP contribution is -2.32. The average Bonchev–Trinajstić information content (AvgIpc) is 2.59. The van der Waals surface area contributed by atoms with Crippen LogP contribution in [0.5, 0.6) is 0 Å². The van der Waals surface area contributed by atoms with Crippen LogP contribution in [-0.2, 0) is 16.1 Å². The Labute approximate surface area is 135 Å². The van der Waals surface area contributed by atoms with Gasteiger partial charge in [0.25, 0.3) is 0 Å². The second kappa shape index (κ2) is 8.68. The third-order valence-corrected chi connectivity index (χ3v) is 3.44. The summed E-state index contributed by atoms with van der Waals surface area (Å²) in [5.74, 6) is -0.407. The molecule has 0 spiro atoms. The van der Waals surface area contributed by atoms with Crippen molar-refractivity contribution in [3.63, 3.8) is 0 Å². The van der Waals surface area contributed by atoms with E-state index in [2.05, 4.69) is 14.6 Å². The fourth-order valence-corrected chi connectivity index (χ4v) is 2.19. The minimum Gasteiger partial charge on any atom is -0.465 e. The molecule has 23 heavy (non-hydrogen) atoms. The number of hydrogen-bond donors (Lipinski definition) is 1. The Bertz CT molecular complexity index is 639. The van der Waals surface area contributed by atoms with E-state index in [0.717, 1.165) is 19.4 Å². The number of aryl methyl sites for hydroxylation is 1. The van der Waals surface area contributed by atoms with Crippen LogP contribution >= 0.6 is 0 Å². The molecule has 0 atom stereocenters. The van der Waals surface area contributed by atoms with Gasteiger partial charge in [0.1, 0.15) is 6.54 Å². The van der Waals surface area contributed by atoms with E-state index in [1.807, 2.05) is 30.6 Å². The van der Waals surface area contributed by atoms with Crippen LogP contribution in [0.1, 0.15) is 29.6 Å². The Morgan fingerprint density at radius 3 is 2.39 bits per heavy atom. The van der Waals surface area contributed by atoms with E-state index in [1.54, 1.807) is 24.3 Å². The van der Waals surface area contributed by atoms with Gasteiger partial charge < -0.3 is 10.1 Å². The molecule has 0 fully saturated rings. The summed E-state index contributed by atoms with van der Waals surface area (Å²) in [6.07, 6.45) is 6.29. The first kappa shape index (κ1) is 16.7. The molecule has 2 aromatic rings. The molecule has 1 aromatic carbocycles. The van der Waals surface area contributed by atoms with Crippen LogP contribution < -0.4 is 9.88 Å². The monoisotopic (exact) mass is 313 g/mol. The number of nitrogens with zero attached hydrogens (tertiary/aromatic N) is 1. The van der Waals surface area contributed by atoms with Crippen LogP contribution in [0.15, 0.2) is 54.9 Å². The summed E-state index contributed by atoms with van der Waals surface area (Å²) in [4.78, 5) is 23.2. The van der Waals surface area contributed by atoms with Gasteiger partial charge in [0, 0.05) is 30.7 Å². The lowest BCUT2D eigenvalue weighted by atomic mass is 10.2. The second-order valence-electron chi connectivity index (χ2n) is 5.19. The maximum atomic E-state index is 11.9. The van der Waals surface area contributed by atoms with Gasteiger partial charge in [-0.15, -0.1) is 0 Å². The number of esters is 1. The van der Waals surface area contributed by atoms with Gasteiger partial charge in [-0.25, -0.2) is 9.36 Å². The van der Waals surface area contributed by atoms with E-state index in [9.17, 15) is 9.59 Å². The number of rotatable bonds is 7. The van der Waals surface area contributed by atoms with Gasteiger partial charge in [-0.2, -0.15) is 0 Å². The van der Waals surface area contributed by atoms with E-state index >= 15 is 0 Å². The highest BCUT2D eigenvalue weighted by molar-refractivity contribution is 5.92. The third kappa shape index (κ3) is 5.54. The van der Waals surface area contributed by atoms with E-state index < -0.39 is 0 Å². The Morgan fingerprint density at radius 2 is 1.74 bits per heavy atom. The number of methoxy groups -OCH3 is 1. The van der Waals surface area contributed by atoms with E-state index in [0.29, 0.717) is 17.7 Å². The van der Waals surface area contributed by atoms with Gasteiger partial charge in [-0.1, -0.05) is 6.07 Å². The summed E-state index contributed by atoms with van der Waals surface area (Å²) in [6, 6.07) is 12.6. The van der Waals surface area contributed by atoms with Gasteiger partial charge in [0.2, 0.25) is 5.91 Å². The first-order valence-corrected chi connectivity index (χ1v) is 7.61. The summed E-state index contributed by atoms with van der Waals surface area (Å²) in [7, 11) is 1.34. The molecule has 0 aliphatic carbocycles. The number of anilines is 1. The van der Waals surface area contributed by atoms with Crippen LogP contribution in [0.4, 0.5) is 5.69 Å². The SMILES string of the molecule is COC(=O)c1ccc(NC(=O)CCCC[n+]2ccccc2)cc1. The van der Waals surface area contributed by atoms with Gasteiger partial charge in [0.05, 0.1) is 12.7 Å². The maximum absolute atomic E-state index is 11.9. The number of hydrogen-bond acceptors (Lipinski definition) is 3. The van der Waals surface area contributed by atoms with Crippen LogP contribution in [-0.4, -0.2) is 19.0 Å². The summed E-state index contributed by atoms with van der Waals surface area (Å²) in [6.45, 7) is 0.905. The zero-order valence-electron chi connectivity index (χ0n) is 13.2. The molecule has 1 amide bonds. The predicted octanol–water partition coefficient (Wildman–Crippen LogP) is 2.57. The molecule has 0 saturated carbocycles. The minimum atomic E-state index is -0.388. The van der Waals surface area contributed by atoms with E-state index in [4.69, 9.17) is 0 Å². The number of amides is 1. The highest BCUT2D eigenvalue weighted by Crippen LogP contribution is 2.11. The highest BCUT2D eigenvalue weighted by atomic mass is 16.5. The first-order valence-electron chi connectivity index (χ1n) is 7.61. The van der Waals surface area contributed by atoms with Crippen molar-refractivity contribution in [3.8, 4) is 0 Å². The molecule has 0 radical (unpaired) electrons. The van der Waals surface area contributed by atoms with Crippen LogP contribution in [0.2, 0.25) is 0 Å². The lowest BCUT2D eigenvalue weighted by Gasteiger charge is -2.05. The number of carbonyl (C=O) groups is 2. The normalized spacial score (nSPS) is 10.1. The lowest BCUT2D eigenvalue weighted by molar-refractivity contribution is -0.697. The van der Waals surface area contributed by atoms with Gasteiger partial charge in [-0.3, -0.25) is 4.79 Å². The van der Waals surface area contributed by atoms with Gasteiger partial charge >= 0.3 is 5.97 Å². The summed E-state index contributed by atoms with van der Waals surface area (Å²) in [5.41, 5.74) is 1.14. The van der Waals surface area contributed by atoms with Crippen molar-refractivity contribution >= 4 is 17.6 Å². The maximum Gasteiger partial charge on any atom is 0.337 e. The van der Waals surface area contributed by atoms with E-state index in [-0.39, 0.29) is 11.9 Å². The molecule has 120 valence electrons. The molecular weight excluding hydrogens is 292 g/mol. The fraction of sp³-hybridized carbons (Fsp3) is 0.278. The van der Waals surface area contributed by atoms with Crippen molar-refractivity contribution in [2.24, 2.45) is 0 Å². The summed E-state index contributed by atoms with van der Waals surface area (Å²) < 4.78 is 6.73. The molecule has 0 aliphatic rings. The third-order valence-electron chi connectivity index (χ3n) is 3.44. The minimum absolute atomic E-state index is 0.0196. The molecule has 5 nitrogen and oxygen atoms in total. The number of nitrogens with one attached hydrogen (secondary N) is 1. The zero-order chi connectivity index (χ0) is 16.5. The van der Waals surface area contributed by atoms with Crippen molar-refractivity contribution in [1.82, 2.24) is 0 Å². The van der Waals surface area contributed by atoms with Crippen molar-refractivity contribution in [1.29, 1.82) is 0 Å². The largest absolute Gasteiger partial charge is 0.465 e. The van der Waals surface area contributed by atoms with Crippen LogP contribution in [0, 0.1) is 0 Å². The Hall–Kier alpha value is -2.69. The van der Waals surface area contributed by atoms with E-state index in [1.165, 1.54) is 7.11 Å².